The van der Waals surface area contributed by atoms with Crippen LogP contribution in [-0.4, -0.2) is 42.6 Å². The molecule has 0 saturated carbocycles. The lowest BCUT2D eigenvalue weighted by molar-refractivity contribution is 0.112. The smallest absolute Gasteiger partial charge is 0.160 e. The molecular weight excluding hydrogens is 250 g/mol. The highest BCUT2D eigenvalue weighted by atomic mass is 32.1. The minimum absolute atomic E-state index is 0.694. The minimum Gasteiger partial charge on any atom is -0.378 e. The van der Waals surface area contributed by atoms with Crippen molar-refractivity contribution >= 4 is 33.7 Å². The number of hydrogen-bond donors (Lipinski definition) is 0. The Balaban J connectivity index is 2.13. The van der Waals surface area contributed by atoms with Crippen LogP contribution in [0.15, 0.2) is 6.07 Å². The molecule has 0 spiro atoms. The summed E-state index contributed by atoms with van der Waals surface area (Å²) < 4.78 is 6.34. The van der Waals surface area contributed by atoms with Crippen molar-refractivity contribution < 1.29 is 9.53 Å². The number of aldehydes is 1. The van der Waals surface area contributed by atoms with E-state index in [1.807, 2.05) is 13.0 Å². The summed E-state index contributed by atoms with van der Waals surface area (Å²) in [6.45, 7) is 4.98. The molecule has 5 nitrogen and oxygen atoms in total. The van der Waals surface area contributed by atoms with Gasteiger partial charge < -0.3 is 9.64 Å². The van der Waals surface area contributed by atoms with Crippen LogP contribution in [-0.2, 0) is 4.74 Å². The molecule has 3 heterocycles. The van der Waals surface area contributed by atoms with Crippen LogP contribution >= 0.6 is 11.3 Å². The Hall–Kier alpha value is -1.53. The van der Waals surface area contributed by atoms with Gasteiger partial charge >= 0.3 is 0 Å². The van der Waals surface area contributed by atoms with Crippen LogP contribution in [0.1, 0.15) is 15.5 Å². The minimum atomic E-state index is 0.694. The Kier molecular flexibility index (Phi) is 2.97. The summed E-state index contributed by atoms with van der Waals surface area (Å²) >= 11 is 1.45. The van der Waals surface area contributed by atoms with Crippen LogP contribution in [0, 0.1) is 6.92 Å². The van der Waals surface area contributed by atoms with Crippen molar-refractivity contribution in [2.24, 2.45) is 0 Å². The van der Waals surface area contributed by atoms with Gasteiger partial charge in [-0.3, -0.25) is 4.79 Å². The zero-order valence-corrected chi connectivity index (χ0v) is 10.9. The summed E-state index contributed by atoms with van der Waals surface area (Å²) in [5, 5.41) is 0. The first-order valence-electron chi connectivity index (χ1n) is 5.84. The lowest BCUT2D eigenvalue weighted by atomic mass is 10.3. The highest BCUT2D eigenvalue weighted by molar-refractivity contribution is 7.21. The predicted molar refractivity (Wildman–Crippen MR) is 70.6 cm³/mol. The Morgan fingerprint density at radius 3 is 2.89 bits per heavy atom. The molecule has 2 aromatic rings. The highest BCUT2D eigenvalue weighted by Crippen LogP contribution is 2.31. The molecule has 0 N–H and O–H groups in total. The van der Waals surface area contributed by atoms with Gasteiger partial charge in [0.1, 0.15) is 5.82 Å². The van der Waals surface area contributed by atoms with Gasteiger partial charge in [-0.15, -0.1) is 11.3 Å². The number of hydrogen-bond acceptors (Lipinski definition) is 6. The Bertz CT molecular complexity index is 590. The molecule has 1 aliphatic rings. The molecule has 1 saturated heterocycles. The second-order valence-electron chi connectivity index (χ2n) is 4.17. The van der Waals surface area contributed by atoms with E-state index in [1.54, 1.807) is 0 Å². The van der Waals surface area contributed by atoms with Crippen molar-refractivity contribution in [2.45, 2.75) is 6.92 Å². The van der Waals surface area contributed by atoms with Gasteiger partial charge in [0.05, 0.1) is 28.3 Å². The molecule has 0 aliphatic carbocycles. The molecule has 0 radical (unpaired) electrons. The maximum atomic E-state index is 10.9. The molecule has 0 bridgehead atoms. The first-order chi connectivity index (χ1) is 8.78. The number of aryl methyl sites for hydroxylation is 1. The van der Waals surface area contributed by atoms with Crippen molar-refractivity contribution in [1.29, 1.82) is 0 Å². The van der Waals surface area contributed by atoms with E-state index in [9.17, 15) is 4.79 Å². The van der Waals surface area contributed by atoms with E-state index >= 15 is 0 Å². The van der Waals surface area contributed by atoms with Gasteiger partial charge in [0.2, 0.25) is 0 Å². The van der Waals surface area contributed by atoms with Gasteiger partial charge in [-0.1, -0.05) is 0 Å². The quantitative estimate of drug-likeness (QED) is 0.771. The van der Waals surface area contributed by atoms with Gasteiger partial charge in [0, 0.05) is 13.1 Å². The fraction of sp³-hybridized carbons (Fsp3) is 0.417. The van der Waals surface area contributed by atoms with E-state index in [0.717, 1.165) is 54.4 Å². The molecule has 2 aromatic heterocycles. The number of morpholine rings is 1. The molecule has 0 unspecified atom stereocenters. The fourth-order valence-corrected chi connectivity index (χ4v) is 3.02. The summed E-state index contributed by atoms with van der Waals surface area (Å²) in [7, 11) is 0. The van der Waals surface area contributed by atoms with Crippen molar-refractivity contribution in [3.05, 3.63) is 16.8 Å². The number of ether oxygens (including phenoxy) is 1. The molecule has 1 aliphatic heterocycles. The van der Waals surface area contributed by atoms with Crippen molar-refractivity contribution in [2.75, 3.05) is 31.2 Å². The molecule has 0 aromatic carbocycles. The summed E-state index contributed by atoms with van der Waals surface area (Å²) in [5.41, 5.74) is 0.857. The maximum Gasteiger partial charge on any atom is 0.160 e. The average molecular weight is 263 g/mol. The predicted octanol–water partition coefficient (Wildman–Crippen LogP) is 1.65. The molecule has 18 heavy (non-hydrogen) atoms. The molecular formula is C12H13N3O2S. The van der Waals surface area contributed by atoms with Gasteiger partial charge in [-0.25, -0.2) is 9.97 Å². The van der Waals surface area contributed by atoms with E-state index in [-0.39, 0.29) is 0 Å². The van der Waals surface area contributed by atoms with Crippen LogP contribution in [0.2, 0.25) is 0 Å². The standard InChI is InChI=1S/C12H13N3O2S/c1-8-13-10-6-9(7-16)18-11(10)12(14-8)15-2-4-17-5-3-15/h6-7H,2-5H2,1H3. The number of rotatable bonds is 2. The number of anilines is 1. The summed E-state index contributed by atoms with van der Waals surface area (Å²) in [6.07, 6.45) is 0.866. The van der Waals surface area contributed by atoms with E-state index in [4.69, 9.17) is 4.74 Å². The van der Waals surface area contributed by atoms with Crippen molar-refractivity contribution in [1.82, 2.24) is 9.97 Å². The first-order valence-corrected chi connectivity index (χ1v) is 6.65. The third kappa shape index (κ3) is 1.97. The molecule has 94 valence electrons. The van der Waals surface area contributed by atoms with Crippen LogP contribution in [0.3, 0.4) is 0 Å². The van der Waals surface area contributed by atoms with E-state index in [0.29, 0.717) is 4.88 Å². The van der Waals surface area contributed by atoms with Crippen LogP contribution < -0.4 is 4.90 Å². The lowest BCUT2D eigenvalue weighted by Gasteiger charge is -2.28. The zero-order valence-electron chi connectivity index (χ0n) is 10.0. The van der Waals surface area contributed by atoms with E-state index in [1.165, 1.54) is 11.3 Å². The second kappa shape index (κ2) is 4.62. The molecule has 0 atom stereocenters. The molecule has 6 heteroatoms. The number of carbonyl (C=O) groups excluding carboxylic acids is 1. The fourth-order valence-electron chi connectivity index (χ4n) is 2.09. The van der Waals surface area contributed by atoms with Gasteiger partial charge in [-0.05, 0) is 13.0 Å². The second-order valence-corrected chi connectivity index (χ2v) is 5.26. The maximum absolute atomic E-state index is 10.9. The van der Waals surface area contributed by atoms with Gasteiger partial charge in [-0.2, -0.15) is 0 Å². The topological polar surface area (TPSA) is 55.3 Å². The summed E-state index contributed by atoms with van der Waals surface area (Å²) in [5.74, 6) is 1.66. The van der Waals surface area contributed by atoms with Gasteiger partial charge in [0.15, 0.2) is 12.1 Å². The van der Waals surface area contributed by atoms with Crippen LogP contribution in [0.4, 0.5) is 5.82 Å². The first kappa shape index (κ1) is 11.6. The molecule has 0 amide bonds. The largest absolute Gasteiger partial charge is 0.378 e. The van der Waals surface area contributed by atoms with Crippen molar-refractivity contribution in [3.8, 4) is 0 Å². The third-order valence-electron chi connectivity index (χ3n) is 2.91. The summed E-state index contributed by atoms with van der Waals surface area (Å²) in [6, 6.07) is 1.83. The van der Waals surface area contributed by atoms with Crippen LogP contribution in [0.25, 0.3) is 10.2 Å². The Morgan fingerprint density at radius 2 is 2.17 bits per heavy atom. The Morgan fingerprint density at radius 1 is 1.39 bits per heavy atom. The van der Waals surface area contributed by atoms with Crippen LogP contribution in [0.5, 0.6) is 0 Å². The lowest BCUT2D eigenvalue weighted by Crippen LogP contribution is -2.36. The van der Waals surface area contributed by atoms with E-state index in [2.05, 4.69) is 14.9 Å². The number of nitrogens with zero attached hydrogens (tertiary/aromatic N) is 3. The summed E-state index contributed by atoms with van der Waals surface area (Å²) in [4.78, 5) is 22.7. The molecule has 1 fully saturated rings. The average Bonchev–Trinajstić information content (AvgIpc) is 2.81. The number of fused-ring (bicyclic) bond motifs is 1. The number of aromatic nitrogens is 2. The monoisotopic (exact) mass is 263 g/mol. The third-order valence-corrected chi connectivity index (χ3v) is 3.96. The van der Waals surface area contributed by atoms with Crippen molar-refractivity contribution in [3.63, 3.8) is 0 Å². The number of carbonyl (C=O) groups is 1. The van der Waals surface area contributed by atoms with Gasteiger partial charge in [0.25, 0.3) is 0 Å². The molecule has 3 rings (SSSR count). The zero-order chi connectivity index (χ0) is 12.5. The highest BCUT2D eigenvalue weighted by Gasteiger charge is 2.18. The Labute approximate surface area is 108 Å². The SMILES string of the molecule is Cc1nc(N2CCOCC2)c2sc(C=O)cc2n1. The number of thiophene rings is 1. The van der Waals surface area contributed by atoms with E-state index < -0.39 is 0 Å². The normalized spacial score (nSPS) is 16.2.